The van der Waals surface area contributed by atoms with E-state index in [-0.39, 0.29) is 18.2 Å². The SMILES string of the molecule is Cc1ccccc1NC(=O)C1CCCN(S(=O)(=O)Cc2c(Cl)cccc2Cl)C1. The van der Waals surface area contributed by atoms with Gasteiger partial charge in [-0.2, -0.15) is 0 Å². The Morgan fingerprint density at radius 2 is 1.82 bits per heavy atom. The van der Waals surface area contributed by atoms with Crippen LogP contribution in [0.4, 0.5) is 5.69 Å². The Morgan fingerprint density at radius 1 is 1.14 bits per heavy atom. The molecule has 1 amide bonds. The van der Waals surface area contributed by atoms with Crippen LogP contribution in [0.15, 0.2) is 42.5 Å². The van der Waals surface area contributed by atoms with Gasteiger partial charge in [0.15, 0.2) is 0 Å². The molecule has 1 aliphatic rings. The van der Waals surface area contributed by atoms with E-state index in [1.807, 2.05) is 31.2 Å². The summed E-state index contributed by atoms with van der Waals surface area (Å²) in [5, 5.41) is 3.56. The van der Waals surface area contributed by atoms with E-state index >= 15 is 0 Å². The third kappa shape index (κ3) is 4.87. The van der Waals surface area contributed by atoms with Crippen molar-refractivity contribution in [2.45, 2.75) is 25.5 Å². The Hall–Kier alpha value is -1.60. The largest absolute Gasteiger partial charge is 0.326 e. The molecule has 150 valence electrons. The van der Waals surface area contributed by atoms with Crippen molar-refractivity contribution in [2.24, 2.45) is 5.92 Å². The fraction of sp³-hybridized carbons (Fsp3) is 0.350. The lowest BCUT2D eigenvalue weighted by molar-refractivity contribution is -0.120. The van der Waals surface area contributed by atoms with Gasteiger partial charge in [0.1, 0.15) is 0 Å². The summed E-state index contributed by atoms with van der Waals surface area (Å²) in [4.78, 5) is 12.7. The number of benzene rings is 2. The lowest BCUT2D eigenvalue weighted by atomic mass is 9.98. The lowest BCUT2D eigenvalue weighted by Crippen LogP contribution is -2.44. The minimum absolute atomic E-state index is 0.155. The lowest BCUT2D eigenvalue weighted by Gasteiger charge is -2.31. The summed E-state index contributed by atoms with van der Waals surface area (Å²) in [6.45, 7) is 2.46. The van der Waals surface area contributed by atoms with Gasteiger partial charge in [-0.05, 0) is 43.5 Å². The first-order valence-corrected chi connectivity index (χ1v) is 11.4. The summed E-state index contributed by atoms with van der Waals surface area (Å²) in [5.41, 5.74) is 2.09. The van der Waals surface area contributed by atoms with Gasteiger partial charge in [0.2, 0.25) is 15.9 Å². The topological polar surface area (TPSA) is 66.5 Å². The van der Waals surface area contributed by atoms with Gasteiger partial charge < -0.3 is 5.32 Å². The van der Waals surface area contributed by atoms with Crippen LogP contribution >= 0.6 is 23.2 Å². The van der Waals surface area contributed by atoms with Crippen LogP contribution in [0.3, 0.4) is 0 Å². The van der Waals surface area contributed by atoms with Crippen molar-refractivity contribution in [3.05, 3.63) is 63.6 Å². The molecule has 0 aromatic heterocycles. The van der Waals surface area contributed by atoms with Crippen LogP contribution in [0.2, 0.25) is 10.0 Å². The highest BCUT2D eigenvalue weighted by atomic mass is 35.5. The molecule has 1 heterocycles. The molecule has 2 aromatic rings. The normalized spacial score (nSPS) is 18.0. The zero-order valence-electron chi connectivity index (χ0n) is 15.5. The van der Waals surface area contributed by atoms with Crippen LogP contribution in [0.1, 0.15) is 24.0 Å². The van der Waals surface area contributed by atoms with Crippen molar-refractivity contribution in [3.63, 3.8) is 0 Å². The Labute approximate surface area is 175 Å². The Bertz CT molecular complexity index is 959. The first kappa shape index (κ1) is 21.1. The van der Waals surface area contributed by atoms with E-state index in [2.05, 4.69) is 5.32 Å². The smallest absolute Gasteiger partial charge is 0.228 e. The van der Waals surface area contributed by atoms with Crippen LogP contribution in [-0.2, 0) is 20.6 Å². The summed E-state index contributed by atoms with van der Waals surface area (Å²) in [6.07, 6.45) is 1.28. The maximum atomic E-state index is 12.9. The highest BCUT2D eigenvalue weighted by Gasteiger charge is 2.33. The van der Waals surface area contributed by atoms with Crippen molar-refractivity contribution >= 4 is 44.8 Å². The monoisotopic (exact) mass is 440 g/mol. The van der Waals surface area contributed by atoms with Gasteiger partial charge in [-0.3, -0.25) is 4.79 Å². The quantitative estimate of drug-likeness (QED) is 0.744. The molecule has 1 N–H and O–H groups in total. The number of halogens is 2. The number of rotatable bonds is 5. The second-order valence-electron chi connectivity index (χ2n) is 6.96. The maximum absolute atomic E-state index is 12.9. The van der Waals surface area contributed by atoms with Crippen molar-refractivity contribution in [1.82, 2.24) is 4.31 Å². The second-order valence-corrected chi connectivity index (χ2v) is 9.74. The van der Waals surface area contributed by atoms with Gasteiger partial charge in [-0.1, -0.05) is 47.5 Å². The van der Waals surface area contributed by atoms with Crippen molar-refractivity contribution in [2.75, 3.05) is 18.4 Å². The third-order valence-corrected chi connectivity index (χ3v) is 7.42. The van der Waals surface area contributed by atoms with Crippen LogP contribution in [0, 0.1) is 12.8 Å². The number of carbonyl (C=O) groups is 1. The highest BCUT2D eigenvalue weighted by Crippen LogP contribution is 2.29. The third-order valence-electron chi connectivity index (χ3n) is 4.94. The Morgan fingerprint density at radius 3 is 2.50 bits per heavy atom. The molecular weight excluding hydrogens is 419 g/mol. The van der Waals surface area contributed by atoms with Gasteiger partial charge in [-0.25, -0.2) is 12.7 Å². The molecule has 8 heteroatoms. The predicted octanol–water partition coefficient (Wildman–Crippen LogP) is 4.48. The van der Waals surface area contributed by atoms with E-state index in [0.29, 0.717) is 35.0 Å². The molecule has 0 radical (unpaired) electrons. The molecule has 5 nitrogen and oxygen atoms in total. The number of carbonyl (C=O) groups excluding carboxylic acids is 1. The van der Waals surface area contributed by atoms with E-state index in [1.54, 1.807) is 18.2 Å². The fourth-order valence-corrected chi connectivity index (χ4v) is 5.66. The summed E-state index contributed by atoms with van der Waals surface area (Å²) in [6, 6.07) is 12.4. The number of para-hydroxylation sites is 1. The summed E-state index contributed by atoms with van der Waals surface area (Å²) < 4.78 is 27.2. The zero-order chi connectivity index (χ0) is 20.3. The number of hydrogen-bond donors (Lipinski definition) is 1. The first-order valence-electron chi connectivity index (χ1n) is 9.05. The minimum Gasteiger partial charge on any atom is -0.326 e. The average Bonchev–Trinajstić information content (AvgIpc) is 2.67. The van der Waals surface area contributed by atoms with Crippen LogP contribution in [0.5, 0.6) is 0 Å². The molecule has 2 aromatic carbocycles. The van der Waals surface area contributed by atoms with E-state index < -0.39 is 15.9 Å². The van der Waals surface area contributed by atoms with Crippen molar-refractivity contribution < 1.29 is 13.2 Å². The number of piperidine rings is 1. The summed E-state index contributed by atoms with van der Waals surface area (Å²) in [7, 11) is -3.64. The molecular formula is C20H22Cl2N2O3S. The molecule has 1 atom stereocenters. The molecule has 3 rings (SSSR count). The molecule has 0 spiro atoms. The van der Waals surface area contributed by atoms with E-state index in [9.17, 15) is 13.2 Å². The Kier molecular flexibility index (Phi) is 6.65. The molecule has 28 heavy (non-hydrogen) atoms. The molecule has 1 aliphatic heterocycles. The van der Waals surface area contributed by atoms with Crippen molar-refractivity contribution in [1.29, 1.82) is 0 Å². The minimum atomic E-state index is -3.64. The highest BCUT2D eigenvalue weighted by molar-refractivity contribution is 7.88. The fourth-order valence-electron chi connectivity index (χ4n) is 3.30. The van der Waals surface area contributed by atoms with Crippen LogP contribution in [0.25, 0.3) is 0 Å². The average molecular weight is 441 g/mol. The van der Waals surface area contributed by atoms with E-state index in [4.69, 9.17) is 23.2 Å². The molecule has 1 unspecified atom stereocenters. The Balaban J connectivity index is 1.71. The van der Waals surface area contributed by atoms with Crippen LogP contribution < -0.4 is 5.32 Å². The number of amides is 1. The number of nitrogens with zero attached hydrogens (tertiary/aromatic N) is 1. The summed E-state index contributed by atoms with van der Waals surface area (Å²) in [5.74, 6) is -0.840. The van der Waals surface area contributed by atoms with E-state index in [0.717, 1.165) is 11.3 Å². The number of anilines is 1. The molecule has 0 saturated carbocycles. The molecule has 1 saturated heterocycles. The molecule has 0 aliphatic carbocycles. The summed E-state index contributed by atoms with van der Waals surface area (Å²) >= 11 is 12.3. The number of hydrogen-bond acceptors (Lipinski definition) is 3. The number of aryl methyl sites for hydroxylation is 1. The number of sulfonamides is 1. The molecule has 1 fully saturated rings. The zero-order valence-corrected chi connectivity index (χ0v) is 17.8. The standard InChI is InChI=1S/C20H22Cl2N2O3S/c1-14-6-2-3-10-19(14)23-20(25)15-7-5-11-24(12-15)28(26,27)13-16-17(21)8-4-9-18(16)22/h2-4,6,8-10,15H,5,7,11-13H2,1H3,(H,23,25). The van der Waals surface area contributed by atoms with Crippen molar-refractivity contribution in [3.8, 4) is 0 Å². The van der Waals surface area contributed by atoms with Gasteiger partial charge >= 0.3 is 0 Å². The number of nitrogens with one attached hydrogen (secondary N) is 1. The molecule has 0 bridgehead atoms. The van der Waals surface area contributed by atoms with Gasteiger partial charge in [0.25, 0.3) is 0 Å². The van der Waals surface area contributed by atoms with Crippen LogP contribution in [-0.4, -0.2) is 31.7 Å². The van der Waals surface area contributed by atoms with Gasteiger partial charge in [0, 0.05) is 34.4 Å². The predicted molar refractivity (Wildman–Crippen MR) is 113 cm³/mol. The van der Waals surface area contributed by atoms with Gasteiger partial charge in [-0.15, -0.1) is 0 Å². The van der Waals surface area contributed by atoms with E-state index in [1.165, 1.54) is 4.31 Å². The second kappa shape index (κ2) is 8.82. The first-order chi connectivity index (χ1) is 13.3. The maximum Gasteiger partial charge on any atom is 0.228 e. The van der Waals surface area contributed by atoms with Gasteiger partial charge in [0.05, 0.1) is 11.7 Å².